The topological polar surface area (TPSA) is 137 Å². The Kier molecular flexibility index (Phi) is 9.63. The van der Waals surface area contributed by atoms with Gasteiger partial charge in [0.05, 0.1) is 16.6 Å². The molecular weight excluding hydrogens is 479 g/mol. The Morgan fingerprint density at radius 3 is 2.36 bits per heavy atom. The van der Waals surface area contributed by atoms with Crippen molar-refractivity contribution in [2.24, 2.45) is 11.8 Å². The Morgan fingerprint density at radius 2 is 1.75 bits per heavy atom. The molecule has 189 valence electrons. The minimum absolute atomic E-state index is 0. The van der Waals surface area contributed by atoms with Crippen molar-refractivity contribution in [1.82, 2.24) is 10.3 Å². The van der Waals surface area contributed by atoms with Gasteiger partial charge < -0.3 is 20.6 Å². The highest BCUT2D eigenvalue weighted by atomic mass is 32.2. The zero-order valence-electron chi connectivity index (χ0n) is 19.8. The summed E-state index contributed by atoms with van der Waals surface area (Å²) >= 11 is 0. The van der Waals surface area contributed by atoms with Crippen LogP contribution >= 0.6 is 0 Å². The number of hydrogen-bond donors (Lipinski definition) is 2. The number of ether oxygens (including phenoxy) is 1. The highest BCUT2D eigenvalue weighted by Crippen LogP contribution is 2.33. The third-order valence-corrected chi connectivity index (χ3v) is 7.78. The van der Waals surface area contributed by atoms with E-state index < -0.39 is 21.7 Å². The van der Waals surface area contributed by atoms with Gasteiger partial charge in [-0.05, 0) is 54.7 Å². The molecule has 2 atom stereocenters. The second-order valence-electron chi connectivity index (χ2n) is 8.85. The molecule has 8 nitrogen and oxygen atoms in total. The van der Waals surface area contributed by atoms with Gasteiger partial charge in [0, 0.05) is 18.2 Å². The predicted molar refractivity (Wildman–Crippen MR) is 137 cm³/mol. The average molecular weight is 509 g/mol. The normalized spacial score (nSPS) is 14.7. The summed E-state index contributed by atoms with van der Waals surface area (Å²) in [7, 11) is -2.78. The number of amides is 1. The van der Waals surface area contributed by atoms with E-state index in [4.69, 9.17) is 4.74 Å². The highest BCUT2D eigenvalue weighted by Gasteiger charge is 2.31. The lowest BCUT2D eigenvalue weighted by atomic mass is 9.83. The maximum absolute atomic E-state index is 13.3. The first kappa shape index (κ1) is 27.4. The summed E-state index contributed by atoms with van der Waals surface area (Å²) in [5.74, 6) is -0.676. The summed E-state index contributed by atoms with van der Waals surface area (Å²) in [6.07, 6.45) is 4.71. The van der Waals surface area contributed by atoms with E-state index in [1.807, 2.05) is 30.3 Å². The Balaban J connectivity index is 0.00000361. The smallest absolute Gasteiger partial charge is 0.311 e. The van der Waals surface area contributed by atoms with Crippen LogP contribution in [0.2, 0.25) is 0 Å². The highest BCUT2D eigenvalue weighted by molar-refractivity contribution is 7.91. The minimum atomic E-state index is -3.77. The summed E-state index contributed by atoms with van der Waals surface area (Å²) in [5.41, 5.74) is 0.869. The lowest BCUT2D eigenvalue weighted by Crippen LogP contribution is -2.45. The van der Waals surface area contributed by atoms with Gasteiger partial charge in [-0.25, -0.2) is 13.4 Å². The Bertz CT molecular complexity index is 1210. The van der Waals surface area contributed by atoms with E-state index in [-0.39, 0.29) is 28.5 Å². The second-order valence-corrected chi connectivity index (χ2v) is 10.9. The molecule has 1 radical (unpaired) electrons. The molecule has 10 heteroatoms. The molecule has 4 rings (SSSR count). The lowest BCUT2D eigenvalue weighted by Gasteiger charge is -2.21. The molecule has 1 aliphatic carbocycles. The van der Waals surface area contributed by atoms with Crippen molar-refractivity contribution in [1.29, 1.82) is 0 Å². The summed E-state index contributed by atoms with van der Waals surface area (Å²) in [6, 6.07) is 20.7. The zero-order chi connectivity index (χ0) is 24.7. The lowest BCUT2D eigenvalue weighted by molar-refractivity contribution is -0.124. The van der Waals surface area contributed by atoms with E-state index in [1.165, 1.54) is 12.1 Å². The van der Waals surface area contributed by atoms with Gasteiger partial charge in [0.2, 0.25) is 11.8 Å². The van der Waals surface area contributed by atoms with Crippen molar-refractivity contribution in [3.8, 4) is 11.6 Å². The van der Waals surface area contributed by atoms with Crippen molar-refractivity contribution < 1.29 is 28.4 Å². The van der Waals surface area contributed by atoms with E-state index in [0.29, 0.717) is 24.0 Å². The van der Waals surface area contributed by atoms with Crippen LogP contribution in [0.15, 0.2) is 83.9 Å². The van der Waals surface area contributed by atoms with Crippen molar-refractivity contribution in [3.05, 3.63) is 84.6 Å². The number of hydrogen-bond acceptors (Lipinski definition) is 6. The van der Waals surface area contributed by atoms with E-state index in [2.05, 4.69) is 10.3 Å². The van der Waals surface area contributed by atoms with E-state index in [9.17, 15) is 18.2 Å². The maximum atomic E-state index is 13.3. The summed E-state index contributed by atoms with van der Waals surface area (Å²) < 4.78 is 32.2. The van der Waals surface area contributed by atoms with Crippen LogP contribution in [0, 0.1) is 11.8 Å². The fourth-order valence-electron chi connectivity index (χ4n) is 3.90. The predicted octanol–water partition coefficient (Wildman–Crippen LogP) is 2.54. The number of nitrogens with one attached hydrogen (secondary N) is 1. The fourth-order valence-corrected chi connectivity index (χ4v) is 5.44. The van der Waals surface area contributed by atoms with Crippen molar-refractivity contribution in [2.45, 2.75) is 36.5 Å². The van der Waals surface area contributed by atoms with Gasteiger partial charge in [-0.2, -0.15) is 0 Å². The number of aromatic nitrogens is 1. The van der Waals surface area contributed by atoms with Gasteiger partial charge in [-0.3, -0.25) is 4.79 Å². The molecule has 0 saturated heterocycles. The largest absolute Gasteiger partial charge is 0.452 e. The molecule has 1 aliphatic rings. The third-order valence-electron chi connectivity index (χ3n) is 5.95. The monoisotopic (exact) mass is 509 g/mol. The molecule has 3 aromatic rings. The first-order valence-electron chi connectivity index (χ1n) is 11.7. The Hall–Kier alpha value is -3.21. The van der Waals surface area contributed by atoms with Crippen LogP contribution in [0.1, 0.15) is 24.8 Å². The van der Waals surface area contributed by atoms with Crippen LogP contribution in [-0.4, -0.2) is 49.0 Å². The number of nitrogens with zero attached hydrogens (tertiary/aromatic N) is 1. The van der Waals surface area contributed by atoms with Crippen molar-refractivity contribution in [2.75, 3.05) is 5.75 Å². The number of sulfone groups is 1. The molecule has 1 heterocycles. The van der Waals surface area contributed by atoms with Gasteiger partial charge in [-0.1, -0.05) is 49.2 Å². The number of benzene rings is 2. The molecule has 0 spiro atoms. The molecule has 4 N–H and O–H groups in total. The summed E-state index contributed by atoms with van der Waals surface area (Å²) in [5, 5.41) is 12.4. The summed E-state index contributed by atoms with van der Waals surface area (Å²) in [4.78, 5) is 17.4. The number of carbonyl (C=O) groups is 1. The second kappa shape index (κ2) is 12.7. The molecule has 0 aliphatic heterocycles. The Morgan fingerprint density at radius 1 is 1.06 bits per heavy atom. The molecule has 1 amide bonds. The molecule has 1 aromatic heterocycles. The van der Waals surface area contributed by atoms with E-state index in [0.717, 1.165) is 25.9 Å². The summed E-state index contributed by atoms with van der Waals surface area (Å²) in [6.45, 7) is 0. The first-order valence-corrected chi connectivity index (χ1v) is 13.3. The molecule has 0 unspecified atom stereocenters. The van der Waals surface area contributed by atoms with Crippen LogP contribution in [0.5, 0.6) is 11.6 Å². The molecule has 0 bridgehead atoms. The van der Waals surface area contributed by atoms with Crippen LogP contribution in [0.4, 0.5) is 0 Å². The molecule has 1 fully saturated rings. The minimum Gasteiger partial charge on any atom is -0.452 e. The number of rotatable bonds is 12. The van der Waals surface area contributed by atoms with Gasteiger partial charge in [0.25, 0.3) is 0 Å². The third kappa shape index (κ3) is 7.91. The fraction of sp³-hybridized carbons (Fsp3) is 0.308. The standard InChI is InChI=1S/C26H28BN2O5S.H2O/c30-26(29-24(27-31)17-20-9-10-20)21(16-19-6-2-1-3-7-19)18-35(32,33)23-13-11-22(12-14-23)34-25-8-4-5-15-28-25;/h1-8,11-15,20-21,24,31H,9-10,16-18H2,(H,29,30);1H2/t21-,24+;/m1./s1. The van der Waals surface area contributed by atoms with Gasteiger partial charge in [0.15, 0.2) is 9.84 Å². The van der Waals surface area contributed by atoms with Crippen LogP contribution < -0.4 is 10.1 Å². The van der Waals surface area contributed by atoms with E-state index >= 15 is 0 Å². The molecule has 36 heavy (non-hydrogen) atoms. The van der Waals surface area contributed by atoms with Crippen molar-refractivity contribution in [3.63, 3.8) is 0 Å². The van der Waals surface area contributed by atoms with Crippen LogP contribution in [-0.2, 0) is 21.1 Å². The Labute approximate surface area is 212 Å². The molecule has 1 saturated carbocycles. The maximum Gasteiger partial charge on any atom is 0.311 e. The van der Waals surface area contributed by atoms with Crippen LogP contribution in [0.3, 0.4) is 0 Å². The first-order chi connectivity index (χ1) is 16.9. The molecular formula is C26H30BN2O6S. The quantitative estimate of drug-likeness (QED) is 0.360. The van der Waals surface area contributed by atoms with Gasteiger partial charge in [-0.15, -0.1) is 0 Å². The van der Waals surface area contributed by atoms with E-state index in [1.54, 1.807) is 36.5 Å². The number of pyridine rings is 1. The number of carbonyl (C=O) groups excluding carboxylic acids is 1. The molecule has 2 aromatic carbocycles. The zero-order valence-corrected chi connectivity index (χ0v) is 20.6. The van der Waals surface area contributed by atoms with Gasteiger partial charge in [0.1, 0.15) is 5.75 Å². The van der Waals surface area contributed by atoms with Gasteiger partial charge >= 0.3 is 7.48 Å². The van der Waals surface area contributed by atoms with Crippen molar-refractivity contribution >= 4 is 23.2 Å². The SMILES string of the molecule is O.O=C(N[C@H]([B]O)CC1CC1)[C@H](Cc1ccccc1)CS(=O)(=O)c1ccc(Oc2ccccn2)cc1. The average Bonchev–Trinajstić information content (AvgIpc) is 3.69. The van der Waals surface area contributed by atoms with Crippen LogP contribution in [0.25, 0.3) is 0 Å².